The molecule has 0 unspecified atom stereocenters. The lowest BCUT2D eigenvalue weighted by Gasteiger charge is -2.13. The Labute approximate surface area is 171 Å². The van der Waals surface area contributed by atoms with E-state index in [0.29, 0.717) is 37.1 Å². The standard InChI is InChI=1S/C22H28N4O3/c1-16-15-17(2)26(24-16)14-8-12-23-20(27)11-4-3-7-13-25-21(28)18-9-5-6-10-19(18)22(25)29/h5-6,9-10,15H,3-4,7-8,11-14H2,1-2H3,(H,23,27). The molecule has 1 aliphatic heterocycles. The second kappa shape index (κ2) is 9.49. The Kier molecular flexibility index (Phi) is 6.80. The predicted octanol–water partition coefficient (Wildman–Crippen LogP) is 2.86. The third-order valence-electron chi connectivity index (χ3n) is 5.14. The SMILES string of the molecule is Cc1cc(C)n(CCCNC(=O)CCCCCN2C(=O)c3ccccc3C2=O)n1. The molecule has 154 valence electrons. The van der Waals surface area contributed by atoms with Crippen molar-refractivity contribution in [1.82, 2.24) is 20.0 Å². The summed E-state index contributed by atoms with van der Waals surface area (Å²) >= 11 is 0. The molecule has 2 aromatic rings. The monoisotopic (exact) mass is 396 g/mol. The molecule has 0 radical (unpaired) electrons. The molecule has 1 aromatic carbocycles. The van der Waals surface area contributed by atoms with E-state index in [9.17, 15) is 14.4 Å². The van der Waals surface area contributed by atoms with Crippen molar-refractivity contribution in [3.05, 3.63) is 52.8 Å². The number of unbranched alkanes of at least 4 members (excludes halogenated alkanes) is 2. The summed E-state index contributed by atoms with van der Waals surface area (Å²) in [5.41, 5.74) is 3.11. The lowest BCUT2D eigenvalue weighted by atomic mass is 10.1. The summed E-state index contributed by atoms with van der Waals surface area (Å²) in [6.07, 6.45) is 3.55. The maximum Gasteiger partial charge on any atom is 0.261 e. The number of hydrogen-bond donors (Lipinski definition) is 1. The van der Waals surface area contributed by atoms with E-state index < -0.39 is 0 Å². The van der Waals surface area contributed by atoms with Gasteiger partial charge in [0.2, 0.25) is 5.91 Å². The van der Waals surface area contributed by atoms with Crippen LogP contribution in [0.3, 0.4) is 0 Å². The summed E-state index contributed by atoms with van der Waals surface area (Å²) in [6, 6.07) is 8.96. The molecule has 1 aromatic heterocycles. The summed E-state index contributed by atoms with van der Waals surface area (Å²) in [4.78, 5) is 37.8. The van der Waals surface area contributed by atoms with Crippen LogP contribution in [0.5, 0.6) is 0 Å². The molecule has 2 heterocycles. The molecule has 1 aliphatic rings. The zero-order chi connectivity index (χ0) is 20.8. The van der Waals surface area contributed by atoms with E-state index in [4.69, 9.17) is 0 Å². The average Bonchev–Trinajstić information content (AvgIpc) is 3.15. The van der Waals surface area contributed by atoms with Crippen LogP contribution in [0.15, 0.2) is 30.3 Å². The maximum atomic E-state index is 12.3. The number of amides is 3. The number of carbonyl (C=O) groups excluding carboxylic acids is 3. The third-order valence-corrected chi connectivity index (χ3v) is 5.14. The smallest absolute Gasteiger partial charge is 0.261 e. The number of benzene rings is 1. The van der Waals surface area contributed by atoms with Gasteiger partial charge in [-0.15, -0.1) is 0 Å². The van der Waals surface area contributed by atoms with Crippen molar-refractivity contribution in [1.29, 1.82) is 0 Å². The number of carbonyl (C=O) groups is 3. The Balaban J connectivity index is 1.27. The van der Waals surface area contributed by atoms with Crippen LogP contribution in [0.25, 0.3) is 0 Å². The molecular formula is C22H28N4O3. The van der Waals surface area contributed by atoms with Gasteiger partial charge in [0, 0.05) is 31.7 Å². The molecule has 3 amide bonds. The van der Waals surface area contributed by atoms with Crippen LogP contribution in [0.4, 0.5) is 0 Å². The third kappa shape index (κ3) is 5.10. The van der Waals surface area contributed by atoms with Crippen LogP contribution in [-0.4, -0.2) is 45.5 Å². The second-order valence-electron chi connectivity index (χ2n) is 7.47. The first-order valence-electron chi connectivity index (χ1n) is 10.2. The van der Waals surface area contributed by atoms with Gasteiger partial charge in [0.15, 0.2) is 0 Å². The minimum atomic E-state index is -0.217. The Bertz CT molecular complexity index is 868. The Hall–Kier alpha value is -2.96. The van der Waals surface area contributed by atoms with Crippen LogP contribution in [0, 0.1) is 13.8 Å². The van der Waals surface area contributed by atoms with Gasteiger partial charge in [-0.1, -0.05) is 18.6 Å². The summed E-state index contributed by atoms with van der Waals surface area (Å²) in [5, 5.41) is 7.34. The first kappa shape index (κ1) is 20.8. The van der Waals surface area contributed by atoms with Gasteiger partial charge in [-0.2, -0.15) is 5.10 Å². The number of imide groups is 1. The second-order valence-corrected chi connectivity index (χ2v) is 7.47. The molecule has 1 N–H and O–H groups in total. The molecule has 7 nitrogen and oxygen atoms in total. The zero-order valence-electron chi connectivity index (χ0n) is 17.1. The van der Waals surface area contributed by atoms with Crippen molar-refractivity contribution in [2.24, 2.45) is 0 Å². The molecule has 0 fully saturated rings. The quantitative estimate of drug-likeness (QED) is 0.494. The van der Waals surface area contributed by atoms with Gasteiger partial charge in [0.25, 0.3) is 11.8 Å². The first-order chi connectivity index (χ1) is 14.0. The molecule has 0 atom stereocenters. The highest BCUT2D eigenvalue weighted by atomic mass is 16.2. The molecule has 0 saturated heterocycles. The van der Waals surface area contributed by atoms with Gasteiger partial charge in [-0.05, 0) is 51.3 Å². The Morgan fingerprint density at radius 1 is 0.966 bits per heavy atom. The van der Waals surface area contributed by atoms with E-state index >= 15 is 0 Å². The maximum absolute atomic E-state index is 12.3. The number of hydrogen-bond acceptors (Lipinski definition) is 4. The lowest BCUT2D eigenvalue weighted by molar-refractivity contribution is -0.121. The van der Waals surface area contributed by atoms with Crippen LogP contribution in [-0.2, 0) is 11.3 Å². The topological polar surface area (TPSA) is 84.3 Å². The number of rotatable bonds is 10. The summed E-state index contributed by atoms with van der Waals surface area (Å²) in [7, 11) is 0. The van der Waals surface area contributed by atoms with Gasteiger partial charge >= 0.3 is 0 Å². The van der Waals surface area contributed by atoms with E-state index in [0.717, 1.165) is 37.2 Å². The fourth-order valence-corrected chi connectivity index (χ4v) is 3.62. The summed E-state index contributed by atoms with van der Waals surface area (Å²) < 4.78 is 1.96. The molecule has 0 aliphatic carbocycles. The van der Waals surface area contributed by atoms with Gasteiger partial charge in [-0.3, -0.25) is 24.0 Å². The van der Waals surface area contributed by atoms with Gasteiger partial charge < -0.3 is 5.32 Å². The van der Waals surface area contributed by atoms with Gasteiger partial charge in [-0.25, -0.2) is 0 Å². The molecule has 29 heavy (non-hydrogen) atoms. The number of fused-ring (bicyclic) bond motifs is 1. The highest BCUT2D eigenvalue weighted by molar-refractivity contribution is 6.21. The van der Waals surface area contributed by atoms with Crippen molar-refractivity contribution in [2.75, 3.05) is 13.1 Å². The van der Waals surface area contributed by atoms with Crippen LogP contribution in [0.2, 0.25) is 0 Å². The van der Waals surface area contributed by atoms with E-state index in [2.05, 4.69) is 10.4 Å². The van der Waals surface area contributed by atoms with Crippen molar-refractivity contribution in [3.63, 3.8) is 0 Å². The minimum absolute atomic E-state index is 0.0408. The fraction of sp³-hybridized carbons (Fsp3) is 0.455. The molecule has 3 rings (SSSR count). The number of aromatic nitrogens is 2. The number of nitrogens with zero attached hydrogens (tertiary/aromatic N) is 3. The van der Waals surface area contributed by atoms with Crippen LogP contribution in [0.1, 0.15) is 64.2 Å². The largest absolute Gasteiger partial charge is 0.356 e. The summed E-state index contributed by atoms with van der Waals surface area (Å²) in [5.74, 6) is -0.393. The molecule has 7 heteroatoms. The van der Waals surface area contributed by atoms with Crippen LogP contribution < -0.4 is 5.32 Å². The predicted molar refractivity (Wildman–Crippen MR) is 110 cm³/mol. The van der Waals surface area contributed by atoms with Gasteiger partial charge in [0.1, 0.15) is 0 Å². The zero-order valence-corrected chi connectivity index (χ0v) is 17.1. The van der Waals surface area contributed by atoms with Crippen molar-refractivity contribution in [3.8, 4) is 0 Å². The van der Waals surface area contributed by atoms with Gasteiger partial charge in [0.05, 0.1) is 16.8 Å². The average molecular weight is 396 g/mol. The van der Waals surface area contributed by atoms with E-state index in [1.807, 2.05) is 24.6 Å². The van der Waals surface area contributed by atoms with E-state index in [1.165, 1.54) is 4.90 Å². The lowest BCUT2D eigenvalue weighted by Crippen LogP contribution is -2.30. The van der Waals surface area contributed by atoms with E-state index in [1.54, 1.807) is 24.3 Å². The number of aryl methyl sites for hydroxylation is 3. The molecular weight excluding hydrogens is 368 g/mol. The highest BCUT2D eigenvalue weighted by Crippen LogP contribution is 2.22. The molecule has 0 bridgehead atoms. The number of nitrogens with one attached hydrogen (secondary N) is 1. The first-order valence-corrected chi connectivity index (χ1v) is 10.2. The van der Waals surface area contributed by atoms with Crippen molar-refractivity contribution < 1.29 is 14.4 Å². The van der Waals surface area contributed by atoms with Crippen molar-refractivity contribution in [2.45, 2.75) is 52.5 Å². The normalized spacial score (nSPS) is 13.1. The van der Waals surface area contributed by atoms with E-state index in [-0.39, 0.29) is 17.7 Å². The van der Waals surface area contributed by atoms with Crippen LogP contribution >= 0.6 is 0 Å². The van der Waals surface area contributed by atoms with Crippen molar-refractivity contribution >= 4 is 17.7 Å². The Morgan fingerprint density at radius 2 is 1.66 bits per heavy atom. The molecule has 0 saturated carbocycles. The minimum Gasteiger partial charge on any atom is -0.356 e. The summed E-state index contributed by atoms with van der Waals surface area (Å²) in [6.45, 7) is 5.82. The molecule has 0 spiro atoms. The fourth-order valence-electron chi connectivity index (χ4n) is 3.62. The highest BCUT2D eigenvalue weighted by Gasteiger charge is 2.34. The Morgan fingerprint density at radius 3 is 2.28 bits per heavy atom.